The molecule has 0 heterocycles. The van der Waals surface area contributed by atoms with Crippen LogP contribution in [0, 0.1) is 17.3 Å². The highest BCUT2D eigenvalue weighted by molar-refractivity contribution is 5.81. The third kappa shape index (κ3) is 13.0. The van der Waals surface area contributed by atoms with Gasteiger partial charge in [0, 0.05) is 17.9 Å². The van der Waals surface area contributed by atoms with Crippen LogP contribution in [-0.2, 0) is 49.3 Å². The van der Waals surface area contributed by atoms with E-state index in [-0.39, 0.29) is 62.5 Å². The molecule has 226 valence electrons. The summed E-state index contributed by atoms with van der Waals surface area (Å²) in [6.07, 6.45) is 3.53. The van der Waals surface area contributed by atoms with Crippen LogP contribution in [0.1, 0.15) is 71.8 Å². The molecule has 0 spiro atoms. The van der Waals surface area contributed by atoms with Gasteiger partial charge in [0.25, 0.3) is 0 Å². The average molecular weight is 575 g/mol. The number of carbonyl (C=O) groups excluding carboxylic acids is 5. The molecule has 0 saturated heterocycles. The van der Waals surface area contributed by atoms with Crippen LogP contribution in [0.4, 0.5) is 0 Å². The van der Waals surface area contributed by atoms with Gasteiger partial charge in [-0.15, -0.1) is 0 Å². The number of ether oxygens (including phenoxy) is 5. The van der Waals surface area contributed by atoms with E-state index in [9.17, 15) is 24.0 Å². The fraction of sp³-hybridized carbons (Fsp3) is 0.581. The Balaban J connectivity index is 1.63. The first-order valence-corrected chi connectivity index (χ1v) is 14.0. The summed E-state index contributed by atoms with van der Waals surface area (Å²) in [6.45, 7) is 10.8. The van der Waals surface area contributed by atoms with Gasteiger partial charge in [-0.25, -0.2) is 4.79 Å². The molecule has 1 aliphatic carbocycles. The van der Waals surface area contributed by atoms with Crippen molar-refractivity contribution in [2.24, 2.45) is 17.3 Å². The molecule has 0 unspecified atom stereocenters. The van der Waals surface area contributed by atoms with Crippen molar-refractivity contribution in [2.75, 3.05) is 19.8 Å². The summed E-state index contributed by atoms with van der Waals surface area (Å²) >= 11 is 0. The van der Waals surface area contributed by atoms with Crippen molar-refractivity contribution in [2.45, 2.75) is 78.7 Å². The summed E-state index contributed by atoms with van der Waals surface area (Å²) in [4.78, 5) is 59.8. The fourth-order valence-corrected chi connectivity index (χ4v) is 4.09. The molecule has 2 rings (SSSR count). The molecule has 41 heavy (non-hydrogen) atoms. The lowest BCUT2D eigenvalue weighted by Crippen LogP contribution is -2.30. The van der Waals surface area contributed by atoms with Gasteiger partial charge in [0.05, 0.1) is 50.6 Å². The van der Waals surface area contributed by atoms with Crippen LogP contribution in [0.5, 0.6) is 5.75 Å². The highest BCUT2D eigenvalue weighted by Crippen LogP contribution is 2.31. The van der Waals surface area contributed by atoms with Crippen molar-refractivity contribution in [3.05, 3.63) is 42.5 Å². The summed E-state index contributed by atoms with van der Waals surface area (Å²) < 4.78 is 26.2. The molecule has 1 saturated carbocycles. The van der Waals surface area contributed by atoms with Gasteiger partial charge in [-0.05, 0) is 57.2 Å². The predicted octanol–water partition coefficient (Wildman–Crippen LogP) is 4.51. The number of esters is 5. The third-order valence-electron chi connectivity index (χ3n) is 6.47. The smallest absolute Gasteiger partial charge is 0.330 e. The minimum atomic E-state index is -0.577. The van der Waals surface area contributed by atoms with Crippen LogP contribution in [0.15, 0.2) is 36.9 Å². The van der Waals surface area contributed by atoms with Crippen molar-refractivity contribution >= 4 is 29.8 Å². The van der Waals surface area contributed by atoms with Crippen molar-refractivity contribution in [1.29, 1.82) is 0 Å². The standard InChI is InChI=1S/C31H42O10/c1-6-26(32)38-19-31(4,5)20-39-28(34)16-15-27(33)37-18-17-22-7-13-25(14-8-22)41-30(36)24-11-9-23(10-12-24)29(35)40-21(2)3/h6-8,13-14,21,23-24H,1,9-12,15-20H2,2-5H3. The Bertz CT molecular complexity index is 1050. The molecular formula is C31H42O10. The SMILES string of the molecule is C=CC(=O)OCC(C)(C)COC(=O)CCC(=O)OCCc1ccc(OC(=O)C2CCC(C(=O)OC(C)C)CC2)cc1. The Hall–Kier alpha value is -3.69. The van der Waals surface area contributed by atoms with Gasteiger partial charge in [-0.1, -0.05) is 32.6 Å². The summed E-state index contributed by atoms with van der Waals surface area (Å²) in [5, 5.41) is 0. The molecule has 10 nitrogen and oxygen atoms in total. The molecule has 0 N–H and O–H groups in total. The summed E-state index contributed by atoms with van der Waals surface area (Å²) in [5.41, 5.74) is 0.313. The van der Waals surface area contributed by atoms with Crippen LogP contribution < -0.4 is 4.74 Å². The second-order valence-corrected chi connectivity index (χ2v) is 11.2. The molecule has 1 aromatic rings. The number of hydrogen-bond acceptors (Lipinski definition) is 10. The van der Waals surface area contributed by atoms with E-state index < -0.39 is 23.3 Å². The molecule has 0 amide bonds. The van der Waals surface area contributed by atoms with Crippen LogP contribution in [0.3, 0.4) is 0 Å². The van der Waals surface area contributed by atoms with E-state index in [1.165, 1.54) is 0 Å². The van der Waals surface area contributed by atoms with Gasteiger partial charge >= 0.3 is 29.8 Å². The molecule has 1 aromatic carbocycles. The van der Waals surface area contributed by atoms with E-state index in [1.54, 1.807) is 38.1 Å². The lowest BCUT2D eigenvalue weighted by molar-refractivity contribution is -0.155. The van der Waals surface area contributed by atoms with Crippen LogP contribution in [-0.4, -0.2) is 55.8 Å². The zero-order chi connectivity index (χ0) is 30.4. The minimum absolute atomic E-state index is 0.0343. The molecule has 0 aromatic heterocycles. The largest absolute Gasteiger partial charge is 0.465 e. The van der Waals surface area contributed by atoms with Gasteiger partial charge in [0.15, 0.2) is 0 Å². The summed E-state index contributed by atoms with van der Waals surface area (Å²) in [5.74, 6) is -2.10. The lowest BCUT2D eigenvalue weighted by atomic mass is 9.82. The van der Waals surface area contributed by atoms with Gasteiger partial charge < -0.3 is 23.7 Å². The Morgan fingerprint density at radius 3 is 1.95 bits per heavy atom. The molecule has 0 atom stereocenters. The number of hydrogen-bond donors (Lipinski definition) is 0. The zero-order valence-corrected chi connectivity index (χ0v) is 24.5. The van der Waals surface area contributed by atoms with Gasteiger partial charge in [0.1, 0.15) is 5.75 Å². The van der Waals surface area contributed by atoms with E-state index >= 15 is 0 Å². The fourth-order valence-electron chi connectivity index (χ4n) is 4.09. The van der Waals surface area contributed by atoms with Crippen molar-refractivity contribution in [1.82, 2.24) is 0 Å². The van der Waals surface area contributed by atoms with E-state index in [0.717, 1.165) is 11.6 Å². The Labute approximate surface area is 241 Å². The average Bonchev–Trinajstić information content (AvgIpc) is 2.94. The molecule has 0 radical (unpaired) electrons. The zero-order valence-electron chi connectivity index (χ0n) is 24.5. The summed E-state index contributed by atoms with van der Waals surface area (Å²) in [7, 11) is 0. The van der Waals surface area contributed by atoms with E-state index in [4.69, 9.17) is 23.7 Å². The van der Waals surface area contributed by atoms with Crippen molar-refractivity contribution < 1.29 is 47.7 Å². The van der Waals surface area contributed by atoms with Gasteiger partial charge in [0.2, 0.25) is 0 Å². The number of carbonyl (C=O) groups is 5. The second-order valence-electron chi connectivity index (χ2n) is 11.2. The number of benzene rings is 1. The number of rotatable bonds is 15. The van der Waals surface area contributed by atoms with Crippen molar-refractivity contribution in [3.8, 4) is 5.75 Å². The van der Waals surface area contributed by atoms with Crippen LogP contribution in [0.25, 0.3) is 0 Å². The normalized spacial score (nSPS) is 16.8. The highest BCUT2D eigenvalue weighted by atomic mass is 16.6. The first-order valence-electron chi connectivity index (χ1n) is 14.0. The maximum absolute atomic E-state index is 12.6. The maximum Gasteiger partial charge on any atom is 0.330 e. The topological polar surface area (TPSA) is 132 Å². The Morgan fingerprint density at radius 2 is 1.39 bits per heavy atom. The first kappa shape index (κ1) is 33.5. The summed E-state index contributed by atoms with van der Waals surface area (Å²) in [6, 6.07) is 6.97. The Kier molecular flexibility index (Phi) is 13.5. The van der Waals surface area contributed by atoms with Gasteiger partial charge in [-0.3, -0.25) is 19.2 Å². The lowest BCUT2D eigenvalue weighted by Gasteiger charge is -2.26. The third-order valence-corrected chi connectivity index (χ3v) is 6.47. The Morgan fingerprint density at radius 1 is 0.854 bits per heavy atom. The molecular weight excluding hydrogens is 532 g/mol. The monoisotopic (exact) mass is 574 g/mol. The highest BCUT2D eigenvalue weighted by Gasteiger charge is 2.32. The van der Waals surface area contributed by atoms with E-state index in [0.29, 0.717) is 37.9 Å². The molecule has 0 bridgehead atoms. The minimum Gasteiger partial charge on any atom is -0.465 e. The van der Waals surface area contributed by atoms with E-state index in [2.05, 4.69) is 6.58 Å². The van der Waals surface area contributed by atoms with E-state index in [1.807, 2.05) is 13.8 Å². The molecule has 1 aliphatic rings. The van der Waals surface area contributed by atoms with Crippen molar-refractivity contribution in [3.63, 3.8) is 0 Å². The quantitative estimate of drug-likeness (QED) is 0.128. The molecule has 0 aliphatic heterocycles. The van der Waals surface area contributed by atoms with Crippen LogP contribution >= 0.6 is 0 Å². The molecule has 10 heteroatoms. The second kappa shape index (κ2) is 16.5. The van der Waals surface area contributed by atoms with Crippen LogP contribution in [0.2, 0.25) is 0 Å². The first-order chi connectivity index (χ1) is 19.4. The molecule has 1 fully saturated rings. The van der Waals surface area contributed by atoms with Gasteiger partial charge in [-0.2, -0.15) is 0 Å². The maximum atomic E-state index is 12.6. The predicted molar refractivity (Wildman–Crippen MR) is 149 cm³/mol.